The van der Waals surface area contributed by atoms with Gasteiger partial charge in [0.1, 0.15) is 0 Å². The van der Waals surface area contributed by atoms with Gasteiger partial charge in [0.15, 0.2) is 11.5 Å². The predicted molar refractivity (Wildman–Crippen MR) is 92.3 cm³/mol. The summed E-state index contributed by atoms with van der Waals surface area (Å²) in [6, 6.07) is 10.9. The van der Waals surface area contributed by atoms with Crippen molar-refractivity contribution in [1.29, 1.82) is 0 Å². The molecule has 0 aliphatic rings. The van der Waals surface area contributed by atoms with Crippen molar-refractivity contribution in [1.82, 2.24) is 5.43 Å². The summed E-state index contributed by atoms with van der Waals surface area (Å²) in [6.45, 7) is 1.58. The van der Waals surface area contributed by atoms with E-state index in [0.717, 1.165) is 0 Å². The predicted octanol–water partition coefficient (Wildman–Crippen LogP) is 2.77. The van der Waals surface area contributed by atoms with Crippen LogP contribution >= 0.6 is 0 Å². The lowest BCUT2D eigenvalue weighted by molar-refractivity contribution is -0.385. The third-order valence-electron chi connectivity index (χ3n) is 3.46. The number of ether oxygens (including phenoxy) is 2. The molecule has 0 unspecified atom stereocenters. The topological polar surface area (TPSA) is 103 Å². The Morgan fingerprint density at radius 3 is 2.44 bits per heavy atom. The van der Waals surface area contributed by atoms with Gasteiger partial charge >= 0.3 is 0 Å². The lowest BCUT2D eigenvalue weighted by Crippen LogP contribution is -2.19. The maximum Gasteiger partial charge on any atom is 0.278 e. The van der Waals surface area contributed by atoms with E-state index in [1.807, 2.05) is 0 Å². The molecular formula is C17H17N3O5. The average molecular weight is 343 g/mol. The summed E-state index contributed by atoms with van der Waals surface area (Å²) in [7, 11) is 2.97. The summed E-state index contributed by atoms with van der Waals surface area (Å²) in [5, 5.41) is 15.0. The smallest absolute Gasteiger partial charge is 0.278 e. The van der Waals surface area contributed by atoms with Crippen molar-refractivity contribution in [2.45, 2.75) is 6.92 Å². The zero-order chi connectivity index (χ0) is 18.4. The number of nitro benzene ring substituents is 1. The van der Waals surface area contributed by atoms with Crippen LogP contribution in [0.5, 0.6) is 11.5 Å². The van der Waals surface area contributed by atoms with Gasteiger partial charge in [-0.25, -0.2) is 5.43 Å². The number of benzene rings is 2. The zero-order valence-electron chi connectivity index (χ0n) is 14.0. The number of hydrogen-bond donors (Lipinski definition) is 1. The zero-order valence-corrected chi connectivity index (χ0v) is 14.0. The van der Waals surface area contributed by atoms with Gasteiger partial charge in [-0.3, -0.25) is 14.9 Å². The molecule has 0 heterocycles. The molecule has 8 nitrogen and oxygen atoms in total. The minimum atomic E-state index is -0.496. The van der Waals surface area contributed by atoms with E-state index in [-0.39, 0.29) is 5.69 Å². The molecule has 0 saturated heterocycles. The van der Waals surface area contributed by atoms with Crippen LogP contribution in [0.1, 0.15) is 22.8 Å². The number of nitrogens with one attached hydrogen (secondary N) is 1. The van der Waals surface area contributed by atoms with Crippen LogP contribution in [-0.2, 0) is 0 Å². The molecule has 0 fully saturated rings. The molecule has 0 spiro atoms. The van der Waals surface area contributed by atoms with Crippen LogP contribution in [-0.4, -0.2) is 30.8 Å². The number of nitro groups is 1. The van der Waals surface area contributed by atoms with Crippen LogP contribution < -0.4 is 14.9 Å². The number of carbonyl (C=O) groups is 1. The minimum Gasteiger partial charge on any atom is -0.493 e. The number of rotatable bonds is 6. The van der Waals surface area contributed by atoms with Crippen LogP contribution in [0.25, 0.3) is 0 Å². The van der Waals surface area contributed by atoms with Gasteiger partial charge < -0.3 is 9.47 Å². The van der Waals surface area contributed by atoms with Crippen molar-refractivity contribution < 1.29 is 19.2 Å². The van der Waals surface area contributed by atoms with Gasteiger partial charge in [0, 0.05) is 11.6 Å². The van der Waals surface area contributed by atoms with Gasteiger partial charge in [0.25, 0.3) is 11.6 Å². The van der Waals surface area contributed by atoms with Crippen LogP contribution in [0, 0.1) is 10.1 Å². The monoisotopic (exact) mass is 343 g/mol. The minimum absolute atomic E-state index is 0.0795. The second-order valence-corrected chi connectivity index (χ2v) is 4.98. The Morgan fingerprint density at radius 1 is 1.12 bits per heavy atom. The summed E-state index contributed by atoms with van der Waals surface area (Å²) in [5.41, 5.74) is 3.27. The van der Waals surface area contributed by atoms with Crippen molar-refractivity contribution in [3.05, 3.63) is 63.7 Å². The Kier molecular flexibility index (Phi) is 5.67. The van der Waals surface area contributed by atoms with E-state index in [9.17, 15) is 14.9 Å². The Bertz CT molecular complexity index is 833. The fourth-order valence-electron chi connectivity index (χ4n) is 2.18. The number of methoxy groups -OCH3 is 2. The van der Waals surface area contributed by atoms with Crippen molar-refractivity contribution in [3.63, 3.8) is 0 Å². The van der Waals surface area contributed by atoms with Crippen LogP contribution in [0.15, 0.2) is 47.6 Å². The summed E-state index contributed by atoms with van der Waals surface area (Å²) < 4.78 is 10.3. The lowest BCUT2D eigenvalue weighted by atomic mass is 10.1. The largest absolute Gasteiger partial charge is 0.493 e. The van der Waals surface area contributed by atoms with E-state index >= 15 is 0 Å². The molecule has 2 aromatic rings. The van der Waals surface area contributed by atoms with Crippen molar-refractivity contribution in [3.8, 4) is 11.5 Å². The first-order valence-corrected chi connectivity index (χ1v) is 7.28. The van der Waals surface area contributed by atoms with Gasteiger partial charge in [-0.2, -0.15) is 5.10 Å². The van der Waals surface area contributed by atoms with E-state index < -0.39 is 10.8 Å². The number of amides is 1. The van der Waals surface area contributed by atoms with E-state index in [4.69, 9.17) is 9.47 Å². The fourth-order valence-corrected chi connectivity index (χ4v) is 2.18. The van der Waals surface area contributed by atoms with Crippen molar-refractivity contribution in [2.24, 2.45) is 5.10 Å². The average Bonchev–Trinajstić information content (AvgIpc) is 2.65. The molecule has 0 radical (unpaired) electrons. The lowest BCUT2D eigenvalue weighted by Gasteiger charge is -2.09. The van der Waals surface area contributed by atoms with Crippen molar-refractivity contribution in [2.75, 3.05) is 14.2 Å². The highest BCUT2D eigenvalue weighted by Crippen LogP contribution is 2.27. The number of nitrogens with zero attached hydrogens (tertiary/aromatic N) is 2. The third-order valence-corrected chi connectivity index (χ3v) is 3.46. The Labute approximate surface area is 144 Å². The maximum atomic E-state index is 12.2. The first-order chi connectivity index (χ1) is 12.0. The standard InChI is InChI=1S/C17H17N3O5/c1-11(13-6-4-5-7-14(13)20(22)23)18-19-17(21)12-8-9-15(24-2)16(10-12)25-3/h4-10H,1-3H3,(H,19,21)/b18-11-. The first kappa shape index (κ1) is 17.9. The molecular weight excluding hydrogens is 326 g/mol. The molecule has 0 atom stereocenters. The van der Waals surface area contributed by atoms with Crippen LogP contribution in [0.3, 0.4) is 0 Å². The Morgan fingerprint density at radius 2 is 1.80 bits per heavy atom. The van der Waals surface area contributed by atoms with Crippen molar-refractivity contribution >= 4 is 17.3 Å². The van der Waals surface area contributed by atoms with Crippen LogP contribution in [0.4, 0.5) is 5.69 Å². The molecule has 25 heavy (non-hydrogen) atoms. The second-order valence-electron chi connectivity index (χ2n) is 4.98. The third kappa shape index (κ3) is 4.11. The maximum absolute atomic E-state index is 12.2. The SMILES string of the molecule is COc1ccc(C(=O)N/N=C(/C)c2ccccc2[N+](=O)[O-])cc1OC. The molecule has 0 aliphatic carbocycles. The van der Waals surface area contributed by atoms with Gasteiger partial charge in [-0.05, 0) is 31.2 Å². The van der Waals surface area contributed by atoms with Gasteiger partial charge in [-0.1, -0.05) is 12.1 Å². The van der Waals surface area contributed by atoms with Crippen LogP contribution in [0.2, 0.25) is 0 Å². The van der Waals surface area contributed by atoms with E-state index in [1.54, 1.807) is 37.3 Å². The van der Waals surface area contributed by atoms with Gasteiger partial charge in [0.2, 0.25) is 0 Å². The molecule has 0 aliphatic heterocycles. The Hall–Kier alpha value is -3.42. The molecule has 1 amide bonds. The number of hydrazone groups is 1. The highest BCUT2D eigenvalue weighted by atomic mass is 16.6. The fraction of sp³-hybridized carbons (Fsp3) is 0.176. The van der Waals surface area contributed by atoms with E-state index in [0.29, 0.717) is 28.3 Å². The molecule has 2 rings (SSSR count). The van der Waals surface area contributed by atoms with Gasteiger partial charge in [0.05, 0.1) is 30.4 Å². The number of hydrogen-bond acceptors (Lipinski definition) is 6. The van der Waals surface area contributed by atoms with E-state index in [2.05, 4.69) is 10.5 Å². The highest BCUT2D eigenvalue weighted by Gasteiger charge is 2.15. The quantitative estimate of drug-likeness (QED) is 0.493. The molecule has 0 aromatic heterocycles. The Balaban J connectivity index is 2.21. The molecule has 0 bridgehead atoms. The molecule has 130 valence electrons. The number of para-hydroxylation sites is 1. The molecule has 2 aromatic carbocycles. The summed E-state index contributed by atoms with van der Waals surface area (Å²) >= 11 is 0. The highest BCUT2D eigenvalue weighted by molar-refractivity contribution is 6.03. The summed E-state index contributed by atoms with van der Waals surface area (Å²) in [5.74, 6) is 0.437. The normalized spacial score (nSPS) is 10.9. The van der Waals surface area contributed by atoms with Gasteiger partial charge in [-0.15, -0.1) is 0 Å². The molecule has 1 N–H and O–H groups in total. The first-order valence-electron chi connectivity index (χ1n) is 7.28. The summed E-state index contributed by atoms with van der Waals surface area (Å²) in [6.07, 6.45) is 0. The summed E-state index contributed by atoms with van der Waals surface area (Å²) in [4.78, 5) is 22.8. The number of carbonyl (C=O) groups excluding carboxylic acids is 1. The second kappa shape index (κ2) is 7.91. The molecule has 0 saturated carbocycles. The molecule has 8 heteroatoms. The van der Waals surface area contributed by atoms with E-state index in [1.165, 1.54) is 26.4 Å².